The maximum atomic E-state index is 5.06. The lowest BCUT2D eigenvalue weighted by Crippen LogP contribution is -2.11. The maximum Gasteiger partial charge on any atom is 0.118 e. The average molecular weight is 165 g/mol. The number of methoxy groups -OCH3 is 1. The van der Waals surface area contributed by atoms with Crippen molar-refractivity contribution in [1.82, 2.24) is 5.32 Å². The van der Waals surface area contributed by atoms with E-state index in [0.717, 1.165) is 5.75 Å². The summed E-state index contributed by atoms with van der Waals surface area (Å²) in [4.78, 5) is 0. The Balaban J connectivity index is 2.77. The molecule has 0 radical (unpaired) electrons. The summed E-state index contributed by atoms with van der Waals surface area (Å²) in [7, 11) is 3.63. The van der Waals surface area contributed by atoms with Crippen LogP contribution in [-0.2, 0) is 0 Å². The lowest BCUT2D eigenvalue weighted by molar-refractivity contribution is 0.414. The second-order valence-electron chi connectivity index (χ2n) is 2.78. The van der Waals surface area contributed by atoms with Gasteiger partial charge in [-0.3, -0.25) is 0 Å². The third kappa shape index (κ3) is 1.98. The maximum absolute atomic E-state index is 5.06. The Kier molecular flexibility index (Phi) is 3.11. The monoisotopic (exact) mass is 165 g/mol. The molecule has 2 nitrogen and oxygen atoms in total. The van der Waals surface area contributed by atoms with E-state index < -0.39 is 0 Å². The van der Waals surface area contributed by atoms with Gasteiger partial charge in [-0.25, -0.2) is 0 Å². The van der Waals surface area contributed by atoms with Gasteiger partial charge in [0.2, 0.25) is 0 Å². The Labute approximate surface area is 73.6 Å². The number of benzene rings is 1. The fourth-order valence-corrected chi connectivity index (χ4v) is 1.06. The third-order valence-electron chi connectivity index (χ3n) is 2.05. The zero-order valence-electron chi connectivity index (χ0n) is 7.79. The van der Waals surface area contributed by atoms with Gasteiger partial charge < -0.3 is 10.1 Å². The molecule has 0 bridgehead atoms. The molecule has 1 aromatic rings. The Morgan fingerprint density at radius 1 is 1.25 bits per heavy atom. The lowest BCUT2D eigenvalue weighted by atomic mass is 10.1. The van der Waals surface area contributed by atoms with E-state index >= 15 is 0 Å². The zero-order valence-corrected chi connectivity index (χ0v) is 7.79. The Bertz CT molecular complexity index is 230. The van der Waals surface area contributed by atoms with Gasteiger partial charge in [-0.15, -0.1) is 0 Å². The molecule has 0 aromatic heterocycles. The summed E-state index contributed by atoms with van der Waals surface area (Å²) >= 11 is 0. The molecule has 1 atom stereocenters. The van der Waals surface area contributed by atoms with E-state index in [2.05, 4.69) is 24.4 Å². The highest BCUT2D eigenvalue weighted by molar-refractivity contribution is 5.28. The fraction of sp³-hybridized carbons (Fsp3) is 0.400. The SMILES string of the molecule is CNC(C)c1ccc(OC)cc1. The first-order valence-corrected chi connectivity index (χ1v) is 4.09. The summed E-state index contributed by atoms with van der Waals surface area (Å²) in [5.41, 5.74) is 1.28. The van der Waals surface area contributed by atoms with Gasteiger partial charge in [0.05, 0.1) is 7.11 Å². The molecule has 0 aliphatic carbocycles. The van der Waals surface area contributed by atoms with Crippen molar-refractivity contribution in [3.8, 4) is 5.75 Å². The minimum atomic E-state index is 0.399. The first kappa shape index (κ1) is 9.07. The van der Waals surface area contributed by atoms with Crippen molar-refractivity contribution in [1.29, 1.82) is 0 Å². The van der Waals surface area contributed by atoms with Gasteiger partial charge in [0.15, 0.2) is 0 Å². The van der Waals surface area contributed by atoms with Crippen LogP contribution >= 0.6 is 0 Å². The second kappa shape index (κ2) is 4.12. The van der Waals surface area contributed by atoms with E-state index in [0.29, 0.717) is 6.04 Å². The summed E-state index contributed by atoms with van der Waals surface area (Å²) in [5.74, 6) is 0.905. The Morgan fingerprint density at radius 3 is 2.25 bits per heavy atom. The summed E-state index contributed by atoms with van der Waals surface area (Å²) in [6.45, 7) is 2.13. The summed E-state index contributed by atoms with van der Waals surface area (Å²) in [6.07, 6.45) is 0. The molecule has 1 unspecified atom stereocenters. The standard InChI is InChI=1S/C10H15NO/c1-8(11-2)9-4-6-10(12-3)7-5-9/h4-8,11H,1-3H3. The smallest absolute Gasteiger partial charge is 0.118 e. The first-order chi connectivity index (χ1) is 5.77. The zero-order chi connectivity index (χ0) is 8.97. The van der Waals surface area contributed by atoms with E-state index in [1.807, 2.05) is 19.2 Å². The molecule has 1 N–H and O–H groups in total. The Hall–Kier alpha value is -1.02. The molecule has 12 heavy (non-hydrogen) atoms. The summed E-state index contributed by atoms with van der Waals surface area (Å²) in [6, 6.07) is 8.49. The number of nitrogens with one attached hydrogen (secondary N) is 1. The molecule has 0 aliphatic heterocycles. The lowest BCUT2D eigenvalue weighted by Gasteiger charge is -2.10. The van der Waals surface area contributed by atoms with Crippen molar-refractivity contribution in [3.05, 3.63) is 29.8 Å². The van der Waals surface area contributed by atoms with Crippen molar-refractivity contribution >= 4 is 0 Å². The van der Waals surface area contributed by atoms with Crippen molar-refractivity contribution in [3.63, 3.8) is 0 Å². The van der Waals surface area contributed by atoms with Crippen molar-refractivity contribution in [2.24, 2.45) is 0 Å². The minimum absolute atomic E-state index is 0.399. The number of rotatable bonds is 3. The number of hydrogen-bond acceptors (Lipinski definition) is 2. The highest BCUT2D eigenvalue weighted by atomic mass is 16.5. The molecule has 66 valence electrons. The molecular weight excluding hydrogens is 150 g/mol. The molecule has 0 amide bonds. The molecule has 1 rings (SSSR count). The van der Waals surface area contributed by atoms with Crippen LogP contribution < -0.4 is 10.1 Å². The third-order valence-corrected chi connectivity index (χ3v) is 2.05. The highest BCUT2D eigenvalue weighted by Crippen LogP contribution is 2.16. The molecule has 0 spiro atoms. The van der Waals surface area contributed by atoms with Crippen LogP contribution in [0.15, 0.2) is 24.3 Å². The average Bonchev–Trinajstić information content (AvgIpc) is 2.17. The van der Waals surface area contributed by atoms with E-state index in [1.165, 1.54) is 5.56 Å². The van der Waals surface area contributed by atoms with E-state index in [4.69, 9.17) is 4.74 Å². The van der Waals surface area contributed by atoms with Crippen LogP contribution in [0.5, 0.6) is 5.75 Å². The van der Waals surface area contributed by atoms with Gasteiger partial charge in [0.1, 0.15) is 5.75 Å². The molecule has 0 aliphatic rings. The van der Waals surface area contributed by atoms with Crippen molar-refractivity contribution in [2.75, 3.05) is 14.2 Å². The van der Waals surface area contributed by atoms with E-state index in [9.17, 15) is 0 Å². The van der Waals surface area contributed by atoms with Crippen LogP contribution in [0.25, 0.3) is 0 Å². The topological polar surface area (TPSA) is 21.3 Å². The molecule has 0 heterocycles. The normalized spacial score (nSPS) is 12.6. The van der Waals surface area contributed by atoms with Crippen LogP contribution in [0.3, 0.4) is 0 Å². The van der Waals surface area contributed by atoms with Crippen LogP contribution in [0.2, 0.25) is 0 Å². The summed E-state index contributed by atoms with van der Waals surface area (Å²) < 4.78 is 5.06. The molecule has 2 heteroatoms. The molecule has 0 fully saturated rings. The van der Waals surface area contributed by atoms with Gasteiger partial charge >= 0.3 is 0 Å². The summed E-state index contributed by atoms with van der Waals surface area (Å²) in [5, 5.41) is 3.18. The van der Waals surface area contributed by atoms with Gasteiger partial charge in [-0.2, -0.15) is 0 Å². The van der Waals surface area contributed by atoms with Crippen LogP contribution in [-0.4, -0.2) is 14.2 Å². The van der Waals surface area contributed by atoms with Crippen LogP contribution in [0.4, 0.5) is 0 Å². The highest BCUT2D eigenvalue weighted by Gasteiger charge is 2.00. The van der Waals surface area contributed by atoms with E-state index in [1.54, 1.807) is 7.11 Å². The Morgan fingerprint density at radius 2 is 1.83 bits per heavy atom. The van der Waals surface area contributed by atoms with Crippen LogP contribution in [0, 0.1) is 0 Å². The van der Waals surface area contributed by atoms with Crippen molar-refractivity contribution < 1.29 is 4.74 Å². The first-order valence-electron chi connectivity index (χ1n) is 4.09. The van der Waals surface area contributed by atoms with Crippen molar-refractivity contribution in [2.45, 2.75) is 13.0 Å². The fourth-order valence-electron chi connectivity index (χ4n) is 1.06. The molecular formula is C10H15NO. The van der Waals surface area contributed by atoms with Gasteiger partial charge in [-0.1, -0.05) is 12.1 Å². The molecule has 0 saturated carbocycles. The van der Waals surface area contributed by atoms with E-state index in [-0.39, 0.29) is 0 Å². The predicted molar refractivity (Wildman–Crippen MR) is 50.5 cm³/mol. The predicted octanol–water partition coefficient (Wildman–Crippen LogP) is 1.98. The van der Waals surface area contributed by atoms with Gasteiger partial charge in [0.25, 0.3) is 0 Å². The molecule has 1 aromatic carbocycles. The number of hydrogen-bond donors (Lipinski definition) is 1. The van der Waals surface area contributed by atoms with Gasteiger partial charge in [0, 0.05) is 6.04 Å². The van der Waals surface area contributed by atoms with Crippen LogP contribution in [0.1, 0.15) is 18.5 Å². The van der Waals surface area contributed by atoms with Gasteiger partial charge in [-0.05, 0) is 31.7 Å². The minimum Gasteiger partial charge on any atom is -0.497 e. The number of ether oxygens (including phenoxy) is 1. The quantitative estimate of drug-likeness (QED) is 0.739. The largest absolute Gasteiger partial charge is 0.497 e. The molecule has 0 saturated heterocycles. The second-order valence-corrected chi connectivity index (χ2v) is 2.78.